The van der Waals surface area contributed by atoms with Crippen molar-refractivity contribution < 1.29 is 8.42 Å². The number of benzene rings is 2. The molecule has 5 heteroatoms. The van der Waals surface area contributed by atoms with Gasteiger partial charge in [0.2, 0.25) is 10.0 Å². The van der Waals surface area contributed by atoms with E-state index in [0.29, 0.717) is 4.90 Å². The van der Waals surface area contributed by atoms with Crippen molar-refractivity contribution in [2.24, 2.45) is 0 Å². The summed E-state index contributed by atoms with van der Waals surface area (Å²) in [5.41, 5.74) is 5.80. The van der Waals surface area contributed by atoms with Crippen molar-refractivity contribution in [2.45, 2.75) is 44.0 Å². The molecule has 1 aliphatic carbocycles. The van der Waals surface area contributed by atoms with Gasteiger partial charge in [0.1, 0.15) is 0 Å². The van der Waals surface area contributed by atoms with Crippen LogP contribution < -0.4 is 4.72 Å². The largest absolute Gasteiger partial charge is 0.358 e. The van der Waals surface area contributed by atoms with E-state index in [1.54, 1.807) is 18.2 Å². The van der Waals surface area contributed by atoms with Gasteiger partial charge in [-0.2, -0.15) is 0 Å². The van der Waals surface area contributed by atoms with Gasteiger partial charge in [0.25, 0.3) is 0 Å². The van der Waals surface area contributed by atoms with E-state index < -0.39 is 10.0 Å². The minimum absolute atomic E-state index is 0.0717. The molecule has 0 amide bonds. The second-order valence-electron chi connectivity index (χ2n) is 7.01. The summed E-state index contributed by atoms with van der Waals surface area (Å²) in [4.78, 5) is 3.83. The van der Waals surface area contributed by atoms with Crippen LogP contribution in [0.3, 0.4) is 0 Å². The van der Waals surface area contributed by atoms with Gasteiger partial charge in [-0.1, -0.05) is 23.8 Å². The first-order valence-corrected chi connectivity index (χ1v) is 10.1. The van der Waals surface area contributed by atoms with E-state index in [0.717, 1.165) is 30.3 Å². The van der Waals surface area contributed by atoms with Crippen molar-refractivity contribution in [3.63, 3.8) is 0 Å². The van der Waals surface area contributed by atoms with E-state index >= 15 is 0 Å². The van der Waals surface area contributed by atoms with Gasteiger partial charge >= 0.3 is 0 Å². The zero-order chi connectivity index (χ0) is 17.6. The number of aromatic nitrogens is 1. The number of hydrogen-bond acceptors (Lipinski definition) is 2. The predicted molar refractivity (Wildman–Crippen MR) is 100 cm³/mol. The molecular weight excluding hydrogens is 332 g/mol. The van der Waals surface area contributed by atoms with Gasteiger partial charge in [0.15, 0.2) is 0 Å². The lowest BCUT2D eigenvalue weighted by atomic mass is 9.92. The van der Waals surface area contributed by atoms with Gasteiger partial charge in [-0.15, -0.1) is 0 Å². The number of hydrogen-bond donors (Lipinski definition) is 2. The highest BCUT2D eigenvalue weighted by Gasteiger charge is 2.26. The minimum atomic E-state index is -3.49. The van der Waals surface area contributed by atoms with Crippen LogP contribution in [0.15, 0.2) is 47.4 Å². The third kappa shape index (κ3) is 3.10. The van der Waals surface area contributed by atoms with E-state index in [1.165, 1.54) is 22.2 Å². The lowest BCUT2D eigenvalue weighted by Gasteiger charge is -2.23. The fourth-order valence-corrected chi connectivity index (χ4v) is 5.08. The molecule has 1 unspecified atom stereocenters. The Kier molecular flexibility index (Phi) is 3.93. The van der Waals surface area contributed by atoms with Crippen molar-refractivity contribution in [3.8, 4) is 0 Å². The minimum Gasteiger partial charge on any atom is -0.358 e. The molecule has 0 aliphatic heterocycles. The molecule has 3 aromatic rings. The Hall–Kier alpha value is -2.11. The van der Waals surface area contributed by atoms with Crippen molar-refractivity contribution in [3.05, 3.63) is 64.8 Å². The number of fused-ring (bicyclic) bond motifs is 3. The van der Waals surface area contributed by atoms with Gasteiger partial charge in [-0.3, -0.25) is 0 Å². The fraction of sp³-hybridized carbons (Fsp3) is 0.300. The molecule has 25 heavy (non-hydrogen) atoms. The Labute approximate surface area is 148 Å². The van der Waals surface area contributed by atoms with Crippen LogP contribution in [0.4, 0.5) is 0 Å². The first-order chi connectivity index (χ1) is 11.9. The maximum absolute atomic E-state index is 12.7. The molecule has 2 aromatic carbocycles. The lowest BCUT2D eigenvalue weighted by Crippen LogP contribution is -2.38. The Bertz CT molecular complexity index is 1050. The highest BCUT2D eigenvalue weighted by atomic mass is 32.2. The van der Waals surface area contributed by atoms with Crippen molar-refractivity contribution >= 4 is 20.9 Å². The van der Waals surface area contributed by atoms with Crippen molar-refractivity contribution in [1.29, 1.82) is 0 Å². The quantitative estimate of drug-likeness (QED) is 0.755. The topological polar surface area (TPSA) is 62.0 Å². The number of sulfonamides is 1. The smallest absolute Gasteiger partial charge is 0.240 e. The van der Waals surface area contributed by atoms with E-state index in [4.69, 9.17) is 0 Å². The molecule has 0 bridgehead atoms. The van der Waals surface area contributed by atoms with E-state index in [1.807, 2.05) is 13.0 Å². The van der Waals surface area contributed by atoms with Gasteiger partial charge in [0.05, 0.1) is 4.90 Å². The molecule has 0 fully saturated rings. The molecule has 1 aliphatic rings. The predicted octanol–water partition coefficient (Wildman–Crippen LogP) is 3.62. The van der Waals surface area contributed by atoms with Gasteiger partial charge in [-0.05, 0) is 68.5 Å². The summed E-state index contributed by atoms with van der Waals surface area (Å²) in [6.07, 6.45) is 2.40. The van der Waals surface area contributed by atoms with Crippen LogP contribution in [-0.4, -0.2) is 19.4 Å². The summed E-state index contributed by atoms with van der Waals surface area (Å²) in [6.45, 7) is 3.99. The number of aromatic amines is 1. The molecule has 0 saturated carbocycles. The Morgan fingerprint density at radius 2 is 1.88 bits per heavy atom. The van der Waals surface area contributed by atoms with Crippen LogP contribution in [0, 0.1) is 13.8 Å². The Morgan fingerprint density at radius 1 is 1.08 bits per heavy atom. The maximum atomic E-state index is 12.7. The monoisotopic (exact) mass is 354 g/mol. The molecule has 0 saturated heterocycles. The standard InChI is InChI=1S/C20H22N2O2S/c1-13-4-3-5-16(10-13)25(23,24)22-15-7-9-20-18(12-15)17-11-14(2)6-8-19(17)21-20/h3-6,8,10-11,15,21-22H,7,9,12H2,1-2H3. The van der Waals surface area contributed by atoms with Crippen molar-refractivity contribution in [2.75, 3.05) is 0 Å². The molecular formula is C20H22N2O2S. The van der Waals surface area contributed by atoms with E-state index in [9.17, 15) is 8.42 Å². The number of rotatable bonds is 3. The zero-order valence-corrected chi connectivity index (χ0v) is 15.3. The van der Waals surface area contributed by atoms with Gasteiger partial charge in [-0.25, -0.2) is 13.1 Å². The van der Waals surface area contributed by atoms with Gasteiger partial charge in [0, 0.05) is 22.6 Å². The average Bonchev–Trinajstić information content (AvgIpc) is 2.92. The fourth-order valence-electron chi connectivity index (χ4n) is 3.70. The number of aryl methyl sites for hydroxylation is 3. The third-order valence-corrected chi connectivity index (χ3v) is 6.48. The zero-order valence-electron chi connectivity index (χ0n) is 14.5. The van der Waals surface area contributed by atoms with E-state index in [2.05, 4.69) is 34.8 Å². The molecule has 130 valence electrons. The third-order valence-electron chi connectivity index (χ3n) is 4.97. The van der Waals surface area contributed by atoms with Crippen LogP contribution >= 0.6 is 0 Å². The molecule has 0 radical (unpaired) electrons. The highest BCUT2D eigenvalue weighted by Crippen LogP contribution is 2.30. The van der Waals surface area contributed by atoms with Crippen LogP contribution in [0.25, 0.3) is 10.9 Å². The average molecular weight is 354 g/mol. The molecule has 4 rings (SSSR count). The summed E-state index contributed by atoms with van der Waals surface area (Å²) in [6, 6.07) is 13.4. The summed E-state index contributed by atoms with van der Waals surface area (Å²) in [5, 5.41) is 1.22. The SMILES string of the molecule is Cc1cccc(S(=O)(=O)NC2CCc3[nH]c4ccc(C)cc4c3C2)c1. The number of H-pyrrole nitrogens is 1. The number of nitrogens with one attached hydrogen (secondary N) is 2. The molecule has 0 spiro atoms. The first-order valence-electron chi connectivity index (χ1n) is 8.61. The van der Waals surface area contributed by atoms with Crippen LogP contribution in [-0.2, 0) is 22.9 Å². The van der Waals surface area contributed by atoms with Gasteiger partial charge < -0.3 is 4.98 Å². The molecule has 2 N–H and O–H groups in total. The van der Waals surface area contributed by atoms with Crippen LogP contribution in [0.1, 0.15) is 28.8 Å². The first kappa shape index (κ1) is 16.4. The normalized spacial score (nSPS) is 17.6. The summed E-state index contributed by atoms with van der Waals surface area (Å²) in [7, 11) is -3.49. The van der Waals surface area contributed by atoms with Crippen LogP contribution in [0.5, 0.6) is 0 Å². The summed E-state index contributed by atoms with van der Waals surface area (Å²) in [5.74, 6) is 0. The Balaban J connectivity index is 1.62. The second kappa shape index (κ2) is 6.00. The van der Waals surface area contributed by atoms with E-state index in [-0.39, 0.29) is 6.04 Å². The molecule has 4 nitrogen and oxygen atoms in total. The summed E-state index contributed by atoms with van der Waals surface area (Å²) < 4.78 is 28.3. The molecule has 1 atom stereocenters. The van der Waals surface area contributed by atoms with Crippen LogP contribution in [0.2, 0.25) is 0 Å². The molecule has 1 aromatic heterocycles. The molecule has 1 heterocycles. The Morgan fingerprint density at radius 3 is 2.68 bits per heavy atom. The van der Waals surface area contributed by atoms with Crippen molar-refractivity contribution in [1.82, 2.24) is 9.71 Å². The second-order valence-corrected chi connectivity index (χ2v) is 8.72. The lowest BCUT2D eigenvalue weighted by molar-refractivity contribution is 0.506. The highest BCUT2D eigenvalue weighted by molar-refractivity contribution is 7.89. The maximum Gasteiger partial charge on any atom is 0.240 e. The summed E-state index contributed by atoms with van der Waals surface area (Å²) >= 11 is 0.